The molecule has 3 aliphatic rings. The van der Waals surface area contributed by atoms with Gasteiger partial charge in [-0.05, 0) is 17.7 Å². The molecule has 0 radical (unpaired) electrons. The van der Waals surface area contributed by atoms with E-state index >= 15 is 0 Å². The molecular weight excluding hydrogens is 270 g/mol. The number of allylic oxidation sites excluding steroid dienone is 5. The average Bonchev–Trinajstić information content (AvgIpc) is 2.59. The molecule has 2 aliphatic heterocycles. The van der Waals surface area contributed by atoms with Crippen molar-refractivity contribution in [2.24, 2.45) is 4.99 Å². The highest BCUT2D eigenvalue weighted by Gasteiger charge is 2.22. The Kier molecular flexibility index (Phi) is 3.96. The number of hydrogen-bond donors (Lipinski definition) is 0. The second-order valence-electron chi connectivity index (χ2n) is 5.68. The standard InChI is InChI=1S/C19H21N3/c1-15-9-5-4-8-12-21(2)19(20-15)17-13-16-10-6-7-11-18(16)22(3)14-17/h4-11,13-14,18H,1,12H2,2-3H3/b8-4-,9-5-,20-19-. The SMILES string of the molecule is C=C1/C=C\C=C/CN(C)/C(C2=CN(C)C3C=CC=CC3=C2)=N\1. The van der Waals surface area contributed by atoms with Crippen LogP contribution in [0.5, 0.6) is 0 Å². The zero-order valence-corrected chi connectivity index (χ0v) is 13.1. The Morgan fingerprint density at radius 1 is 1.14 bits per heavy atom. The van der Waals surface area contributed by atoms with E-state index in [4.69, 9.17) is 4.99 Å². The summed E-state index contributed by atoms with van der Waals surface area (Å²) in [6.45, 7) is 4.84. The number of likely N-dealkylation sites (N-methyl/N-ethyl adjacent to an activating group) is 2. The molecule has 0 fully saturated rings. The number of amidine groups is 1. The van der Waals surface area contributed by atoms with Crippen molar-refractivity contribution in [3.8, 4) is 0 Å². The summed E-state index contributed by atoms with van der Waals surface area (Å²) in [5.41, 5.74) is 3.16. The minimum absolute atomic E-state index is 0.319. The Balaban J connectivity index is 1.99. The predicted octanol–water partition coefficient (Wildman–Crippen LogP) is 3.21. The Hall–Kier alpha value is -2.55. The smallest absolute Gasteiger partial charge is 0.138 e. The van der Waals surface area contributed by atoms with Crippen LogP contribution in [-0.4, -0.2) is 42.3 Å². The first kappa shape index (κ1) is 14.4. The van der Waals surface area contributed by atoms with E-state index in [1.165, 1.54) is 5.57 Å². The highest BCUT2D eigenvalue weighted by molar-refractivity contribution is 6.02. The van der Waals surface area contributed by atoms with Crippen molar-refractivity contribution in [2.75, 3.05) is 20.6 Å². The lowest BCUT2D eigenvalue weighted by Gasteiger charge is -2.33. The van der Waals surface area contributed by atoms with Crippen LogP contribution in [0.4, 0.5) is 0 Å². The van der Waals surface area contributed by atoms with Crippen molar-refractivity contribution in [1.82, 2.24) is 9.80 Å². The fourth-order valence-corrected chi connectivity index (χ4v) is 2.78. The van der Waals surface area contributed by atoms with Crippen LogP contribution in [0.1, 0.15) is 0 Å². The van der Waals surface area contributed by atoms with Gasteiger partial charge in [0.05, 0.1) is 11.7 Å². The van der Waals surface area contributed by atoms with E-state index < -0.39 is 0 Å². The van der Waals surface area contributed by atoms with Crippen molar-refractivity contribution in [1.29, 1.82) is 0 Å². The quantitative estimate of drug-likeness (QED) is 0.739. The highest BCUT2D eigenvalue weighted by atomic mass is 15.2. The maximum atomic E-state index is 4.71. The second kappa shape index (κ2) is 6.06. The summed E-state index contributed by atoms with van der Waals surface area (Å²) in [6.07, 6.45) is 21.0. The summed E-state index contributed by atoms with van der Waals surface area (Å²) in [4.78, 5) is 9.08. The van der Waals surface area contributed by atoms with Gasteiger partial charge in [-0.2, -0.15) is 0 Å². The Morgan fingerprint density at radius 2 is 1.95 bits per heavy atom. The van der Waals surface area contributed by atoms with Gasteiger partial charge in [-0.1, -0.05) is 49.1 Å². The van der Waals surface area contributed by atoms with Gasteiger partial charge in [-0.3, -0.25) is 0 Å². The van der Waals surface area contributed by atoms with E-state index in [0.29, 0.717) is 6.04 Å². The van der Waals surface area contributed by atoms with Crippen molar-refractivity contribution < 1.29 is 0 Å². The molecule has 1 atom stereocenters. The van der Waals surface area contributed by atoms with Crippen LogP contribution in [0.25, 0.3) is 0 Å². The molecule has 0 bridgehead atoms. The first-order valence-corrected chi connectivity index (χ1v) is 7.48. The maximum Gasteiger partial charge on any atom is 0.138 e. The number of hydrogen-bond acceptors (Lipinski definition) is 3. The van der Waals surface area contributed by atoms with Gasteiger partial charge in [-0.25, -0.2) is 4.99 Å². The Morgan fingerprint density at radius 3 is 2.82 bits per heavy atom. The molecule has 0 aromatic heterocycles. The van der Waals surface area contributed by atoms with E-state index in [1.807, 2.05) is 18.2 Å². The monoisotopic (exact) mass is 291 g/mol. The largest absolute Gasteiger partial charge is 0.369 e. The topological polar surface area (TPSA) is 18.8 Å². The minimum Gasteiger partial charge on any atom is -0.369 e. The fourth-order valence-electron chi connectivity index (χ4n) is 2.78. The third-order valence-electron chi connectivity index (χ3n) is 3.92. The molecule has 0 aromatic carbocycles. The molecule has 0 amide bonds. The zero-order valence-electron chi connectivity index (χ0n) is 13.1. The zero-order chi connectivity index (χ0) is 15.5. The molecule has 0 saturated heterocycles. The van der Waals surface area contributed by atoms with Crippen molar-refractivity contribution in [2.45, 2.75) is 6.04 Å². The van der Waals surface area contributed by atoms with Gasteiger partial charge in [0.15, 0.2) is 0 Å². The highest BCUT2D eigenvalue weighted by Crippen LogP contribution is 2.25. The molecule has 1 unspecified atom stereocenters. The summed E-state index contributed by atoms with van der Waals surface area (Å²) in [7, 11) is 4.16. The van der Waals surface area contributed by atoms with Gasteiger partial charge in [0.1, 0.15) is 5.84 Å². The molecule has 1 aliphatic carbocycles. The van der Waals surface area contributed by atoms with Gasteiger partial charge >= 0.3 is 0 Å². The van der Waals surface area contributed by atoms with Gasteiger partial charge < -0.3 is 9.80 Å². The van der Waals surface area contributed by atoms with Gasteiger partial charge in [-0.15, -0.1) is 0 Å². The van der Waals surface area contributed by atoms with Crippen LogP contribution in [0.3, 0.4) is 0 Å². The first-order valence-electron chi connectivity index (χ1n) is 7.48. The molecule has 3 heteroatoms. The van der Waals surface area contributed by atoms with E-state index in [-0.39, 0.29) is 0 Å². The van der Waals surface area contributed by atoms with E-state index in [0.717, 1.165) is 23.7 Å². The van der Waals surface area contributed by atoms with Crippen molar-refractivity contribution in [3.63, 3.8) is 0 Å². The lowest BCUT2D eigenvalue weighted by atomic mass is 9.95. The molecule has 22 heavy (non-hydrogen) atoms. The van der Waals surface area contributed by atoms with Crippen LogP contribution >= 0.6 is 0 Å². The molecule has 3 rings (SSSR count). The molecule has 0 aromatic rings. The molecule has 0 spiro atoms. The molecule has 0 N–H and O–H groups in total. The van der Waals surface area contributed by atoms with Gasteiger partial charge in [0, 0.05) is 32.4 Å². The summed E-state index contributed by atoms with van der Waals surface area (Å²) in [6, 6.07) is 0.319. The van der Waals surface area contributed by atoms with E-state index in [9.17, 15) is 0 Å². The van der Waals surface area contributed by atoms with Crippen LogP contribution in [0.15, 0.2) is 89.3 Å². The number of fused-ring (bicyclic) bond motifs is 1. The normalized spacial score (nSPS) is 29.5. The summed E-state index contributed by atoms with van der Waals surface area (Å²) in [5, 5.41) is 0. The molecular formula is C19H21N3. The lowest BCUT2D eigenvalue weighted by molar-refractivity contribution is 0.418. The minimum atomic E-state index is 0.319. The summed E-state index contributed by atoms with van der Waals surface area (Å²) < 4.78 is 0. The third kappa shape index (κ3) is 2.89. The first-order chi connectivity index (χ1) is 10.6. The Labute approximate surface area is 132 Å². The Bertz CT molecular complexity index is 683. The number of aliphatic imine (C=N–C) groups is 1. The van der Waals surface area contributed by atoms with Crippen LogP contribution in [0.2, 0.25) is 0 Å². The van der Waals surface area contributed by atoms with Crippen LogP contribution in [0, 0.1) is 0 Å². The summed E-state index contributed by atoms with van der Waals surface area (Å²) >= 11 is 0. The van der Waals surface area contributed by atoms with Gasteiger partial charge in [0.2, 0.25) is 0 Å². The second-order valence-corrected chi connectivity index (χ2v) is 5.68. The van der Waals surface area contributed by atoms with Gasteiger partial charge in [0.25, 0.3) is 0 Å². The van der Waals surface area contributed by atoms with Crippen LogP contribution in [-0.2, 0) is 0 Å². The fraction of sp³-hybridized carbons (Fsp3) is 0.211. The number of rotatable bonds is 1. The summed E-state index contributed by atoms with van der Waals surface area (Å²) in [5.74, 6) is 0.946. The molecule has 112 valence electrons. The predicted molar refractivity (Wildman–Crippen MR) is 93.5 cm³/mol. The van der Waals surface area contributed by atoms with Crippen molar-refractivity contribution >= 4 is 5.84 Å². The van der Waals surface area contributed by atoms with Crippen LogP contribution < -0.4 is 0 Å². The third-order valence-corrected chi connectivity index (χ3v) is 3.92. The lowest BCUT2D eigenvalue weighted by Crippen LogP contribution is -2.35. The van der Waals surface area contributed by atoms with E-state index in [1.54, 1.807) is 0 Å². The van der Waals surface area contributed by atoms with E-state index in [2.05, 4.69) is 73.1 Å². The maximum absolute atomic E-state index is 4.71. The average molecular weight is 291 g/mol. The van der Waals surface area contributed by atoms with Crippen molar-refractivity contribution in [3.05, 3.63) is 84.3 Å². The molecule has 2 heterocycles. The molecule has 3 nitrogen and oxygen atoms in total. The number of nitrogens with zero attached hydrogens (tertiary/aromatic N) is 3. The molecule has 0 saturated carbocycles.